The quantitative estimate of drug-likeness (QED) is 0.772. The van der Waals surface area contributed by atoms with Crippen LogP contribution in [0.15, 0.2) is 24.3 Å². The molecule has 0 saturated heterocycles. The van der Waals surface area contributed by atoms with Crippen molar-refractivity contribution in [1.82, 2.24) is 0 Å². The lowest BCUT2D eigenvalue weighted by Gasteiger charge is -2.21. The van der Waals surface area contributed by atoms with Gasteiger partial charge in [0.2, 0.25) is 5.91 Å². The molecular formula is C18H26N2O3. The van der Waals surface area contributed by atoms with E-state index < -0.39 is 5.91 Å². The number of carbonyl (C=O) groups excluding carboxylic acids is 2. The largest absolute Gasteiger partial charge is 0.484 e. The second-order valence-electron chi connectivity index (χ2n) is 6.22. The number of hydrogen-bond donors (Lipinski definition) is 2. The molecule has 1 saturated carbocycles. The molecule has 23 heavy (non-hydrogen) atoms. The van der Waals surface area contributed by atoms with Crippen molar-refractivity contribution in [2.45, 2.75) is 51.4 Å². The third-order valence-electron chi connectivity index (χ3n) is 4.26. The second kappa shape index (κ2) is 9.18. The van der Waals surface area contributed by atoms with Gasteiger partial charge in [0, 0.05) is 12.1 Å². The third-order valence-corrected chi connectivity index (χ3v) is 4.26. The Morgan fingerprint density at radius 3 is 2.48 bits per heavy atom. The molecule has 3 N–H and O–H groups in total. The van der Waals surface area contributed by atoms with E-state index in [1.807, 2.05) is 0 Å². The number of rotatable bonds is 8. The first-order valence-electron chi connectivity index (χ1n) is 8.44. The van der Waals surface area contributed by atoms with Crippen LogP contribution in [-0.2, 0) is 9.59 Å². The Bertz CT molecular complexity index is 508. The highest BCUT2D eigenvalue weighted by Crippen LogP contribution is 2.27. The molecular weight excluding hydrogens is 292 g/mol. The van der Waals surface area contributed by atoms with Crippen LogP contribution >= 0.6 is 0 Å². The van der Waals surface area contributed by atoms with E-state index in [0.717, 1.165) is 24.4 Å². The van der Waals surface area contributed by atoms with Crippen LogP contribution in [0.25, 0.3) is 0 Å². The molecule has 0 heterocycles. The standard InChI is InChI=1S/C18H26N2O3/c19-17(21)13-23-16-11-9-15(10-12-16)20-18(22)8-4-7-14-5-2-1-3-6-14/h9-12,14H,1-8,13H2,(H2,19,21)(H,20,22). The molecule has 2 amide bonds. The van der Waals surface area contributed by atoms with Gasteiger partial charge in [-0.2, -0.15) is 0 Å². The molecule has 0 radical (unpaired) electrons. The number of hydrogen-bond acceptors (Lipinski definition) is 3. The van der Waals surface area contributed by atoms with Gasteiger partial charge in [0.05, 0.1) is 0 Å². The maximum Gasteiger partial charge on any atom is 0.255 e. The lowest BCUT2D eigenvalue weighted by Crippen LogP contribution is -2.20. The molecule has 0 spiro atoms. The number of ether oxygens (including phenoxy) is 1. The highest BCUT2D eigenvalue weighted by molar-refractivity contribution is 5.90. The Kier molecular flexibility index (Phi) is 6.91. The Morgan fingerprint density at radius 2 is 1.83 bits per heavy atom. The summed E-state index contributed by atoms with van der Waals surface area (Å²) in [7, 11) is 0. The molecule has 1 aliphatic rings. The molecule has 0 atom stereocenters. The molecule has 5 heteroatoms. The molecule has 1 aromatic rings. The van der Waals surface area contributed by atoms with Gasteiger partial charge in [0.15, 0.2) is 6.61 Å². The zero-order chi connectivity index (χ0) is 16.5. The van der Waals surface area contributed by atoms with Crippen molar-refractivity contribution in [1.29, 1.82) is 0 Å². The molecule has 1 fully saturated rings. The van der Waals surface area contributed by atoms with E-state index >= 15 is 0 Å². The van der Waals surface area contributed by atoms with E-state index in [9.17, 15) is 9.59 Å². The first-order chi connectivity index (χ1) is 11.1. The van der Waals surface area contributed by atoms with Crippen LogP contribution in [0.5, 0.6) is 5.75 Å². The van der Waals surface area contributed by atoms with Crippen LogP contribution in [-0.4, -0.2) is 18.4 Å². The van der Waals surface area contributed by atoms with Crippen molar-refractivity contribution in [2.75, 3.05) is 11.9 Å². The van der Waals surface area contributed by atoms with Crippen LogP contribution in [0.3, 0.4) is 0 Å². The van der Waals surface area contributed by atoms with E-state index in [2.05, 4.69) is 5.32 Å². The lowest BCUT2D eigenvalue weighted by molar-refractivity contribution is -0.120. The predicted molar refractivity (Wildman–Crippen MR) is 90.2 cm³/mol. The zero-order valence-electron chi connectivity index (χ0n) is 13.6. The van der Waals surface area contributed by atoms with Crippen molar-refractivity contribution in [3.8, 4) is 5.75 Å². The average molecular weight is 318 g/mol. The van der Waals surface area contributed by atoms with Gasteiger partial charge in [0.1, 0.15) is 5.75 Å². The molecule has 0 bridgehead atoms. The van der Waals surface area contributed by atoms with Crippen LogP contribution in [0, 0.1) is 5.92 Å². The Hall–Kier alpha value is -2.04. The minimum absolute atomic E-state index is 0.0478. The Balaban J connectivity index is 1.66. The second-order valence-corrected chi connectivity index (χ2v) is 6.22. The van der Waals surface area contributed by atoms with Crippen molar-refractivity contribution < 1.29 is 14.3 Å². The van der Waals surface area contributed by atoms with Crippen LogP contribution in [0.4, 0.5) is 5.69 Å². The van der Waals surface area contributed by atoms with Crippen molar-refractivity contribution in [3.05, 3.63) is 24.3 Å². The topological polar surface area (TPSA) is 81.4 Å². The number of primary amides is 1. The summed E-state index contributed by atoms with van der Waals surface area (Å²) < 4.78 is 5.17. The maximum absolute atomic E-state index is 12.0. The van der Waals surface area contributed by atoms with E-state index in [1.165, 1.54) is 32.1 Å². The summed E-state index contributed by atoms with van der Waals surface area (Å²) in [5, 5.41) is 2.89. The normalized spacial score (nSPS) is 15.1. The zero-order valence-corrected chi connectivity index (χ0v) is 13.6. The Labute approximate surface area is 137 Å². The van der Waals surface area contributed by atoms with Crippen LogP contribution in [0.1, 0.15) is 51.4 Å². The highest BCUT2D eigenvalue weighted by Gasteiger charge is 2.13. The molecule has 0 aliphatic heterocycles. The first kappa shape index (κ1) is 17.3. The number of carbonyl (C=O) groups is 2. The maximum atomic E-state index is 12.0. The summed E-state index contributed by atoms with van der Waals surface area (Å²) in [5.41, 5.74) is 5.75. The summed E-state index contributed by atoms with van der Waals surface area (Å²) in [6.07, 6.45) is 9.40. The van der Waals surface area contributed by atoms with Gasteiger partial charge in [-0.1, -0.05) is 32.1 Å². The number of nitrogens with two attached hydrogens (primary N) is 1. The SMILES string of the molecule is NC(=O)COc1ccc(NC(=O)CCCC2CCCCC2)cc1. The molecule has 2 rings (SSSR count). The summed E-state index contributed by atoms with van der Waals surface area (Å²) in [4.78, 5) is 22.6. The molecule has 0 aromatic heterocycles. The fourth-order valence-corrected chi connectivity index (χ4v) is 3.04. The predicted octanol–water partition coefficient (Wildman–Crippen LogP) is 3.24. The minimum Gasteiger partial charge on any atom is -0.484 e. The molecule has 0 unspecified atom stereocenters. The van der Waals surface area contributed by atoms with Gasteiger partial charge in [0.25, 0.3) is 5.91 Å². The van der Waals surface area contributed by atoms with Gasteiger partial charge < -0.3 is 15.8 Å². The highest BCUT2D eigenvalue weighted by atomic mass is 16.5. The summed E-state index contributed by atoms with van der Waals surface area (Å²) in [6, 6.07) is 6.94. The number of benzene rings is 1. The third kappa shape index (κ3) is 6.72. The monoisotopic (exact) mass is 318 g/mol. The van der Waals surface area contributed by atoms with E-state index in [1.54, 1.807) is 24.3 Å². The molecule has 5 nitrogen and oxygen atoms in total. The summed E-state index contributed by atoms with van der Waals surface area (Å²) in [6.45, 7) is -0.146. The fourth-order valence-electron chi connectivity index (χ4n) is 3.04. The van der Waals surface area contributed by atoms with Crippen molar-refractivity contribution >= 4 is 17.5 Å². The first-order valence-corrected chi connectivity index (χ1v) is 8.44. The fraction of sp³-hybridized carbons (Fsp3) is 0.556. The van der Waals surface area contributed by atoms with Crippen LogP contribution in [0.2, 0.25) is 0 Å². The van der Waals surface area contributed by atoms with E-state index in [4.69, 9.17) is 10.5 Å². The van der Waals surface area contributed by atoms with E-state index in [-0.39, 0.29) is 12.5 Å². The number of anilines is 1. The van der Waals surface area contributed by atoms with Gasteiger partial charge in [-0.05, 0) is 43.0 Å². The minimum atomic E-state index is -0.514. The lowest BCUT2D eigenvalue weighted by atomic mass is 9.86. The van der Waals surface area contributed by atoms with Crippen molar-refractivity contribution in [3.63, 3.8) is 0 Å². The van der Waals surface area contributed by atoms with E-state index in [0.29, 0.717) is 12.2 Å². The molecule has 126 valence electrons. The molecule has 1 aromatic carbocycles. The smallest absolute Gasteiger partial charge is 0.255 e. The summed E-state index contributed by atoms with van der Waals surface area (Å²) in [5.74, 6) is 0.907. The number of amides is 2. The van der Waals surface area contributed by atoms with Crippen LogP contribution < -0.4 is 15.8 Å². The van der Waals surface area contributed by atoms with Gasteiger partial charge >= 0.3 is 0 Å². The van der Waals surface area contributed by atoms with Crippen molar-refractivity contribution in [2.24, 2.45) is 11.7 Å². The van der Waals surface area contributed by atoms with Gasteiger partial charge in [-0.25, -0.2) is 0 Å². The average Bonchev–Trinajstić information content (AvgIpc) is 2.55. The molecule has 1 aliphatic carbocycles. The number of nitrogens with one attached hydrogen (secondary N) is 1. The summed E-state index contributed by atoms with van der Waals surface area (Å²) >= 11 is 0. The van der Waals surface area contributed by atoms with Gasteiger partial charge in [-0.3, -0.25) is 9.59 Å². The Morgan fingerprint density at radius 1 is 1.13 bits per heavy atom. The van der Waals surface area contributed by atoms with Gasteiger partial charge in [-0.15, -0.1) is 0 Å².